The molecule has 0 bridgehead atoms. The van der Waals surface area contributed by atoms with Gasteiger partial charge in [0.1, 0.15) is 0 Å². The van der Waals surface area contributed by atoms with Crippen molar-refractivity contribution in [3.8, 4) is 5.69 Å². The molecule has 1 aromatic carbocycles. The smallest absolute Gasteiger partial charge is 0.183 e. The predicted octanol–water partition coefficient (Wildman–Crippen LogP) is 3.91. The summed E-state index contributed by atoms with van der Waals surface area (Å²) in [4.78, 5) is 9.68. The highest BCUT2D eigenvalue weighted by Gasteiger charge is 2.08. The molecule has 102 valence electrons. The lowest BCUT2D eigenvalue weighted by Crippen LogP contribution is -2.08. The van der Waals surface area contributed by atoms with Crippen LogP contribution in [0.2, 0.25) is 0 Å². The summed E-state index contributed by atoms with van der Waals surface area (Å²) in [6.45, 7) is 0. The van der Waals surface area contributed by atoms with Crippen molar-refractivity contribution in [3.05, 3.63) is 45.8 Å². The summed E-state index contributed by atoms with van der Waals surface area (Å²) >= 11 is 8.82. The Morgan fingerprint density at radius 2 is 1.95 bits per heavy atom. The van der Waals surface area contributed by atoms with Crippen LogP contribution in [0.4, 0.5) is 5.69 Å². The summed E-state index contributed by atoms with van der Waals surface area (Å²) in [5, 5.41) is 0. The second-order valence-corrected chi connectivity index (χ2v) is 6.00. The average Bonchev–Trinajstić information content (AvgIpc) is 2.73. The molecule has 20 heavy (non-hydrogen) atoms. The van der Waals surface area contributed by atoms with Crippen molar-refractivity contribution in [1.29, 1.82) is 0 Å². The lowest BCUT2D eigenvalue weighted by Gasteiger charge is -2.13. The van der Waals surface area contributed by atoms with Gasteiger partial charge in [-0.2, -0.15) is 0 Å². The van der Waals surface area contributed by atoms with Crippen LogP contribution in [-0.4, -0.2) is 28.6 Å². The molecule has 0 spiro atoms. The molecule has 0 atom stereocenters. The van der Waals surface area contributed by atoms with Gasteiger partial charge in [0.25, 0.3) is 0 Å². The molecule has 0 fully saturated rings. The van der Waals surface area contributed by atoms with E-state index in [1.807, 2.05) is 36.9 Å². The first-order valence-electron chi connectivity index (χ1n) is 6.10. The van der Waals surface area contributed by atoms with E-state index in [2.05, 4.69) is 42.9 Å². The zero-order chi connectivity index (χ0) is 14.3. The second-order valence-electron chi connectivity index (χ2n) is 4.70. The molecule has 0 saturated carbocycles. The van der Waals surface area contributed by atoms with Crippen LogP contribution < -0.4 is 4.90 Å². The third kappa shape index (κ3) is 2.25. The summed E-state index contributed by atoms with van der Waals surface area (Å²) in [7, 11) is 4.04. The summed E-state index contributed by atoms with van der Waals surface area (Å²) in [5.41, 5.74) is 3.90. The molecule has 0 aliphatic carbocycles. The number of aromatic nitrogens is 3. The van der Waals surface area contributed by atoms with Gasteiger partial charge in [0.2, 0.25) is 0 Å². The van der Waals surface area contributed by atoms with Gasteiger partial charge in [-0.15, -0.1) is 0 Å². The van der Waals surface area contributed by atoms with Crippen LogP contribution >= 0.6 is 28.1 Å². The molecule has 0 saturated heterocycles. The first kappa shape index (κ1) is 13.3. The summed E-state index contributed by atoms with van der Waals surface area (Å²) in [6, 6.07) is 10.2. The van der Waals surface area contributed by atoms with Gasteiger partial charge in [-0.25, -0.2) is 4.98 Å². The Labute approximate surface area is 130 Å². The number of nitrogens with one attached hydrogen (secondary N) is 1. The van der Waals surface area contributed by atoms with Crippen molar-refractivity contribution >= 4 is 45.0 Å². The number of anilines is 1. The lowest BCUT2D eigenvalue weighted by atomic mass is 10.2. The number of H-pyrrole nitrogens is 1. The zero-order valence-corrected chi connectivity index (χ0v) is 13.5. The summed E-state index contributed by atoms with van der Waals surface area (Å²) in [5.74, 6) is 0. The minimum atomic E-state index is 0.642. The van der Waals surface area contributed by atoms with E-state index in [4.69, 9.17) is 12.2 Å². The topological polar surface area (TPSA) is 36.9 Å². The average molecular weight is 349 g/mol. The Morgan fingerprint density at radius 1 is 1.25 bits per heavy atom. The van der Waals surface area contributed by atoms with Gasteiger partial charge >= 0.3 is 0 Å². The normalized spacial score (nSPS) is 10.9. The molecule has 4 nitrogen and oxygen atoms in total. The molecule has 0 aliphatic rings. The summed E-state index contributed by atoms with van der Waals surface area (Å²) < 4.78 is 3.51. The Balaban J connectivity index is 2.19. The number of benzene rings is 1. The second kappa shape index (κ2) is 5.03. The van der Waals surface area contributed by atoms with E-state index in [-0.39, 0.29) is 0 Å². The number of hydrogen-bond donors (Lipinski definition) is 1. The van der Waals surface area contributed by atoms with Crippen LogP contribution in [0.25, 0.3) is 16.9 Å². The fourth-order valence-electron chi connectivity index (χ4n) is 2.11. The molecule has 0 amide bonds. The maximum absolute atomic E-state index is 5.40. The molecule has 3 aromatic rings. The Bertz CT molecular complexity index is 817. The number of halogens is 1. The zero-order valence-electron chi connectivity index (χ0n) is 11.1. The van der Waals surface area contributed by atoms with Crippen molar-refractivity contribution in [3.63, 3.8) is 0 Å². The molecule has 2 aromatic heterocycles. The number of rotatable bonds is 2. The van der Waals surface area contributed by atoms with E-state index in [9.17, 15) is 0 Å². The fourth-order valence-corrected chi connectivity index (χ4v) is 2.74. The van der Waals surface area contributed by atoms with Gasteiger partial charge in [-0.3, -0.25) is 4.57 Å². The highest BCUT2D eigenvalue weighted by molar-refractivity contribution is 9.10. The molecular formula is C14H13BrN4S. The van der Waals surface area contributed by atoms with Crippen LogP contribution in [0.5, 0.6) is 0 Å². The van der Waals surface area contributed by atoms with Gasteiger partial charge < -0.3 is 9.88 Å². The van der Waals surface area contributed by atoms with E-state index < -0.39 is 0 Å². The maximum atomic E-state index is 5.40. The van der Waals surface area contributed by atoms with Crippen LogP contribution in [0.1, 0.15) is 0 Å². The Hall–Kier alpha value is -1.66. The van der Waals surface area contributed by atoms with E-state index in [1.54, 1.807) is 6.20 Å². The number of hydrogen-bond acceptors (Lipinski definition) is 3. The Morgan fingerprint density at radius 3 is 2.60 bits per heavy atom. The lowest BCUT2D eigenvalue weighted by molar-refractivity contribution is 1.04. The number of fused-ring (bicyclic) bond motifs is 1. The van der Waals surface area contributed by atoms with Crippen molar-refractivity contribution in [2.24, 2.45) is 0 Å². The highest BCUT2D eigenvalue weighted by atomic mass is 79.9. The third-order valence-electron chi connectivity index (χ3n) is 3.11. The molecule has 0 aliphatic heterocycles. The SMILES string of the molecule is CN(C)c1ccc(-n2c(=S)[nH]c3cc(Br)cnc32)cc1. The van der Waals surface area contributed by atoms with Crippen molar-refractivity contribution in [2.45, 2.75) is 0 Å². The molecule has 3 rings (SSSR count). The van der Waals surface area contributed by atoms with Crippen molar-refractivity contribution < 1.29 is 0 Å². The van der Waals surface area contributed by atoms with E-state index in [0.717, 1.165) is 27.0 Å². The molecule has 0 radical (unpaired) electrons. The van der Waals surface area contributed by atoms with Crippen molar-refractivity contribution in [2.75, 3.05) is 19.0 Å². The first-order chi connectivity index (χ1) is 9.56. The number of nitrogens with zero attached hydrogens (tertiary/aromatic N) is 3. The first-order valence-corrected chi connectivity index (χ1v) is 7.30. The van der Waals surface area contributed by atoms with Crippen molar-refractivity contribution in [1.82, 2.24) is 14.5 Å². The van der Waals surface area contributed by atoms with Gasteiger partial charge in [-0.05, 0) is 58.5 Å². The molecule has 6 heteroatoms. The molecule has 1 N–H and O–H groups in total. The molecular weight excluding hydrogens is 336 g/mol. The monoisotopic (exact) mass is 348 g/mol. The number of aromatic amines is 1. The minimum Gasteiger partial charge on any atom is -0.378 e. The van der Waals surface area contributed by atoms with Gasteiger partial charge in [0.05, 0.1) is 11.2 Å². The highest BCUT2D eigenvalue weighted by Crippen LogP contribution is 2.22. The predicted molar refractivity (Wildman–Crippen MR) is 88.3 cm³/mol. The third-order valence-corrected chi connectivity index (χ3v) is 3.83. The Kier molecular flexibility index (Phi) is 3.35. The van der Waals surface area contributed by atoms with Crippen LogP contribution in [0.3, 0.4) is 0 Å². The number of pyridine rings is 1. The fraction of sp³-hybridized carbons (Fsp3) is 0.143. The van der Waals surface area contributed by atoms with E-state index >= 15 is 0 Å². The molecule has 0 unspecified atom stereocenters. The van der Waals surface area contributed by atoms with Crippen LogP contribution in [0, 0.1) is 4.77 Å². The van der Waals surface area contributed by atoms with Crippen LogP contribution in [0.15, 0.2) is 41.0 Å². The standard InChI is InChI=1S/C14H13BrN4S/c1-18(2)10-3-5-11(6-4-10)19-13-12(17-14(19)20)7-9(15)8-16-13/h3-8H,1-2H3,(H,17,20). The quantitative estimate of drug-likeness (QED) is 0.713. The van der Waals surface area contributed by atoms with Crippen LogP contribution in [-0.2, 0) is 0 Å². The van der Waals surface area contributed by atoms with E-state index in [1.165, 1.54) is 0 Å². The minimum absolute atomic E-state index is 0.642. The van der Waals surface area contributed by atoms with Gasteiger partial charge in [-0.1, -0.05) is 0 Å². The van der Waals surface area contributed by atoms with Gasteiger partial charge in [0.15, 0.2) is 10.4 Å². The largest absolute Gasteiger partial charge is 0.378 e. The van der Waals surface area contributed by atoms with Gasteiger partial charge in [0, 0.05) is 30.5 Å². The maximum Gasteiger partial charge on any atom is 0.183 e. The molecule has 2 heterocycles. The summed E-state index contributed by atoms with van der Waals surface area (Å²) in [6.07, 6.45) is 1.77. The number of imidazole rings is 1. The van der Waals surface area contributed by atoms with E-state index in [0.29, 0.717) is 4.77 Å².